The fraction of sp³-hybridized carbons (Fsp3) is 0.300. The highest BCUT2D eigenvalue weighted by Gasteiger charge is 2.34. The quantitative estimate of drug-likeness (QED) is 0.267. The second-order valence-electron chi connectivity index (χ2n) is 10.4. The van der Waals surface area contributed by atoms with Gasteiger partial charge in [-0.3, -0.25) is 4.90 Å². The number of nitrogens with zero attached hydrogens (tertiary/aromatic N) is 4. The molecule has 1 saturated heterocycles. The summed E-state index contributed by atoms with van der Waals surface area (Å²) in [7, 11) is -3.69. The third-order valence-electron chi connectivity index (χ3n) is 7.53. The number of morpholine rings is 1. The van der Waals surface area contributed by atoms with Crippen molar-refractivity contribution in [1.29, 1.82) is 0 Å². The molecular weight excluding hydrogens is 619 g/mol. The molecule has 2 aliphatic rings. The van der Waals surface area contributed by atoms with Crippen LogP contribution in [-0.2, 0) is 27.8 Å². The Morgan fingerprint density at radius 2 is 1.66 bits per heavy atom. The molecule has 0 bridgehead atoms. The van der Waals surface area contributed by atoms with E-state index in [2.05, 4.69) is 14.4 Å². The fourth-order valence-corrected chi connectivity index (χ4v) is 6.55. The summed E-state index contributed by atoms with van der Waals surface area (Å²) < 4.78 is 79.2. The minimum absolute atomic E-state index is 0.145. The summed E-state index contributed by atoms with van der Waals surface area (Å²) in [6.45, 7) is 4.52. The Morgan fingerprint density at radius 3 is 2.36 bits per heavy atom. The summed E-state index contributed by atoms with van der Waals surface area (Å²) >= 11 is 6.13. The first-order valence-electron chi connectivity index (χ1n) is 13.9. The van der Waals surface area contributed by atoms with Gasteiger partial charge in [-0.1, -0.05) is 35.9 Å². The lowest BCUT2D eigenvalue weighted by Gasteiger charge is -2.26. The number of hydrogen-bond donors (Lipinski definition) is 1. The van der Waals surface area contributed by atoms with Crippen molar-refractivity contribution in [1.82, 2.24) is 19.4 Å². The smallest absolute Gasteiger partial charge is 0.403 e. The standard InChI is InChI=1S/C30H29ClF3N5O4S/c31-22-7-5-21(6-8-22)29-25-19-38(20-26(25)36-39(29)27-3-1-2-4-28(27)43-30(32,33)34)23-9-11-24(12-10-23)44(40,41)35-13-14-37-15-17-42-18-16-37/h1-12,35H,13-20H2. The average Bonchev–Trinajstić information content (AvgIpc) is 3.56. The van der Waals surface area contributed by atoms with Gasteiger partial charge in [-0.05, 0) is 48.5 Å². The Bertz CT molecular complexity index is 1730. The van der Waals surface area contributed by atoms with Crippen LogP contribution in [0.1, 0.15) is 11.3 Å². The number of rotatable bonds is 9. The van der Waals surface area contributed by atoms with Gasteiger partial charge in [-0.2, -0.15) is 5.10 Å². The molecule has 1 fully saturated rings. The molecule has 9 nitrogen and oxygen atoms in total. The van der Waals surface area contributed by atoms with Gasteiger partial charge in [0.15, 0.2) is 5.75 Å². The highest BCUT2D eigenvalue weighted by atomic mass is 35.5. The van der Waals surface area contributed by atoms with Gasteiger partial charge in [-0.25, -0.2) is 17.8 Å². The largest absolute Gasteiger partial charge is 0.573 e. The number of fused-ring (bicyclic) bond motifs is 1. The van der Waals surface area contributed by atoms with E-state index >= 15 is 0 Å². The van der Waals surface area contributed by atoms with Gasteiger partial charge >= 0.3 is 6.36 Å². The Morgan fingerprint density at radius 1 is 0.955 bits per heavy atom. The van der Waals surface area contributed by atoms with Crippen LogP contribution in [0.15, 0.2) is 77.7 Å². The molecule has 3 aromatic carbocycles. The number of benzene rings is 3. The van der Waals surface area contributed by atoms with E-state index < -0.39 is 16.4 Å². The molecule has 44 heavy (non-hydrogen) atoms. The van der Waals surface area contributed by atoms with Gasteiger partial charge in [0.25, 0.3) is 0 Å². The lowest BCUT2D eigenvalue weighted by atomic mass is 10.1. The number of halogens is 4. The van der Waals surface area contributed by atoms with Crippen LogP contribution in [0.2, 0.25) is 5.02 Å². The van der Waals surface area contributed by atoms with E-state index in [-0.39, 0.29) is 16.3 Å². The molecule has 14 heteroatoms. The van der Waals surface area contributed by atoms with Gasteiger partial charge in [0.05, 0.1) is 36.0 Å². The molecule has 0 radical (unpaired) electrons. The highest BCUT2D eigenvalue weighted by molar-refractivity contribution is 7.89. The van der Waals surface area contributed by atoms with Crippen LogP contribution >= 0.6 is 11.6 Å². The number of sulfonamides is 1. The van der Waals surface area contributed by atoms with Crippen molar-refractivity contribution in [2.75, 3.05) is 44.3 Å². The van der Waals surface area contributed by atoms with Crippen LogP contribution in [-0.4, -0.2) is 68.9 Å². The first-order valence-corrected chi connectivity index (χ1v) is 15.8. The molecular formula is C30H29ClF3N5O4S. The van der Waals surface area contributed by atoms with E-state index in [4.69, 9.17) is 21.4 Å². The molecule has 0 spiro atoms. The molecule has 0 amide bonds. The Kier molecular flexibility index (Phi) is 8.57. The Balaban J connectivity index is 1.24. The molecule has 0 aliphatic carbocycles. The van der Waals surface area contributed by atoms with E-state index in [0.717, 1.165) is 29.9 Å². The zero-order valence-electron chi connectivity index (χ0n) is 23.4. The number of ether oxygens (including phenoxy) is 2. The molecule has 6 rings (SSSR count). The van der Waals surface area contributed by atoms with Gasteiger partial charge in [0.2, 0.25) is 10.0 Å². The fourth-order valence-electron chi connectivity index (χ4n) is 5.40. The normalized spacial score (nSPS) is 15.9. The monoisotopic (exact) mass is 647 g/mol. The van der Waals surface area contributed by atoms with Gasteiger partial charge < -0.3 is 14.4 Å². The third-order valence-corrected chi connectivity index (χ3v) is 9.26. The molecule has 0 saturated carbocycles. The van der Waals surface area contributed by atoms with Gasteiger partial charge in [0, 0.05) is 54.6 Å². The summed E-state index contributed by atoms with van der Waals surface area (Å²) in [5.41, 5.74) is 3.77. The first-order chi connectivity index (χ1) is 21.1. The molecule has 3 heterocycles. The highest BCUT2D eigenvalue weighted by Crippen LogP contribution is 2.39. The van der Waals surface area contributed by atoms with Crippen molar-refractivity contribution >= 4 is 27.3 Å². The van der Waals surface area contributed by atoms with Crippen LogP contribution in [0.5, 0.6) is 5.75 Å². The molecule has 0 atom stereocenters. The Labute approximate surface area is 257 Å². The summed E-state index contributed by atoms with van der Waals surface area (Å²) in [5.74, 6) is -0.372. The summed E-state index contributed by atoms with van der Waals surface area (Å²) in [6, 6.07) is 19.5. The third kappa shape index (κ3) is 6.71. The van der Waals surface area contributed by atoms with Crippen LogP contribution in [0.4, 0.5) is 18.9 Å². The van der Waals surface area contributed by atoms with Crippen LogP contribution in [0.25, 0.3) is 16.9 Å². The van der Waals surface area contributed by atoms with E-state index in [1.54, 1.807) is 54.6 Å². The maximum absolute atomic E-state index is 13.2. The SMILES string of the molecule is O=S(=O)(NCCN1CCOCC1)c1ccc(N2Cc3nn(-c4ccccc4OC(F)(F)F)c(-c4ccc(Cl)cc4)c3C2)cc1. The van der Waals surface area contributed by atoms with E-state index in [1.165, 1.54) is 22.9 Å². The minimum atomic E-state index is -4.87. The molecule has 1 aromatic heterocycles. The zero-order valence-corrected chi connectivity index (χ0v) is 25.0. The summed E-state index contributed by atoms with van der Waals surface area (Å²) in [6.07, 6.45) is -4.87. The molecule has 232 valence electrons. The van der Waals surface area contributed by atoms with E-state index in [0.29, 0.717) is 55.8 Å². The van der Waals surface area contributed by atoms with Gasteiger partial charge in [0.1, 0.15) is 5.69 Å². The van der Waals surface area contributed by atoms with Crippen molar-refractivity contribution in [3.05, 3.63) is 89.1 Å². The van der Waals surface area contributed by atoms with Crippen LogP contribution < -0.4 is 14.4 Å². The molecule has 0 unspecified atom stereocenters. The van der Waals surface area contributed by atoms with Crippen molar-refractivity contribution in [3.63, 3.8) is 0 Å². The average molecular weight is 648 g/mol. The molecule has 1 N–H and O–H groups in total. The van der Waals surface area contributed by atoms with E-state index in [9.17, 15) is 21.6 Å². The second kappa shape index (κ2) is 12.4. The summed E-state index contributed by atoms with van der Waals surface area (Å²) in [5, 5.41) is 5.25. The van der Waals surface area contributed by atoms with Crippen LogP contribution in [0, 0.1) is 0 Å². The molecule has 2 aliphatic heterocycles. The minimum Gasteiger partial charge on any atom is -0.403 e. The lowest BCUT2D eigenvalue weighted by molar-refractivity contribution is -0.274. The topological polar surface area (TPSA) is 88.9 Å². The van der Waals surface area contributed by atoms with Crippen molar-refractivity contribution in [2.45, 2.75) is 24.3 Å². The van der Waals surface area contributed by atoms with Gasteiger partial charge in [-0.15, -0.1) is 13.2 Å². The van der Waals surface area contributed by atoms with Crippen molar-refractivity contribution in [3.8, 4) is 22.7 Å². The Hall–Kier alpha value is -3.62. The second-order valence-corrected chi connectivity index (χ2v) is 12.6. The molecule has 4 aromatic rings. The number of alkyl halides is 3. The predicted molar refractivity (Wildman–Crippen MR) is 159 cm³/mol. The number of anilines is 1. The lowest BCUT2D eigenvalue weighted by Crippen LogP contribution is -2.41. The zero-order chi connectivity index (χ0) is 30.9. The van der Waals surface area contributed by atoms with Crippen LogP contribution in [0.3, 0.4) is 0 Å². The number of aromatic nitrogens is 2. The number of hydrogen-bond acceptors (Lipinski definition) is 7. The number of nitrogens with one attached hydrogen (secondary N) is 1. The number of para-hydroxylation sites is 2. The van der Waals surface area contributed by atoms with E-state index in [1.807, 2.05) is 4.90 Å². The van der Waals surface area contributed by atoms with Crippen molar-refractivity contribution in [2.24, 2.45) is 0 Å². The maximum atomic E-state index is 13.2. The first kappa shape index (κ1) is 30.4. The predicted octanol–water partition coefficient (Wildman–Crippen LogP) is 5.22. The van der Waals surface area contributed by atoms with Crippen molar-refractivity contribution < 1.29 is 31.1 Å². The summed E-state index contributed by atoms with van der Waals surface area (Å²) in [4.78, 5) is 4.34. The maximum Gasteiger partial charge on any atom is 0.573 e.